The normalized spacial score (nSPS) is 12.7. The Labute approximate surface area is 135 Å². The van der Waals surface area contributed by atoms with Crippen molar-refractivity contribution in [3.05, 3.63) is 70.8 Å². The second-order valence-corrected chi connectivity index (χ2v) is 8.08. The third kappa shape index (κ3) is 3.41. The summed E-state index contributed by atoms with van der Waals surface area (Å²) in [7, 11) is 0. The number of hydrogen-bond donors (Lipinski definition) is 1. The highest BCUT2D eigenvalue weighted by Gasteiger charge is 2.26. The zero-order valence-electron chi connectivity index (χ0n) is 14.6. The summed E-state index contributed by atoms with van der Waals surface area (Å²) in [5, 5.41) is 11.1. The molecule has 118 valence electrons. The van der Waals surface area contributed by atoms with Crippen molar-refractivity contribution in [1.82, 2.24) is 0 Å². The molecule has 0 aromatic heterocycles. The van der Waals surface area contributed by atoms with Crippen molar-refractivity contribution in [3.63, 3.8) is 0 Å². The smallest absolute Gasteiger partial charge is 0.105 e. The van der Waals surface area contributed by atoms with Crippen LogP contribution in [0.3, 0.4) is 0 Å². The molecule has 0 aliphatic carbocycles. The van der Waals surface area contributed by atoms with Gasteiger partial charge in [-0.2, -0.15) is 0 Å². The summed E-state index contributed by atoms with van der Waals surface area (Å²) in [6.45, 7) is 13.1. The summed E-state index contributed by atoms with van der Waals surface area (Å²) in [5.41, 5.74) is 4.43. The Morgan fingerprint density at radius 3 is 1.27 bits per heavy atom. The van der Waals surface area contributed by atoms with Crippen LogP contribution in [-0.4, -0.2) is 5.11 Å². The Morgan fingerprint density at radius 1 is 0.636 bits per heavy atom. The Bertz CT molecular complexity index is 584. The van der Waals surface area contributed by atoms with Crippen LogP contribution in [0.5, 0.6) is 0 Å². The molecule has 0 heterocycles. The molecule has 0 amide bonds. The van der Waals surface area contributed by atoms with Crippen LogP contribution in [0.2, 0.25) is 0 Å². The summed E-state index contributed by atoms with van der Waals surface area (Å²) in [6.07, 6.45) is -0.592. The lowest BCUT2D eigenvalue weighted by atomic mass is 9.78. The number of aliphatic hydroxyl groups excluding tert-OH is 1. The van der Waals surface area contributed by atoms with Crippen molar-refractivity contribution < 1.29 is 5.11 Å². The van der Waals surface area contributed by atoms with E-state index < -0.39 is 6.10 Å². The molecule has 1 N–H and O–H groups in total. The van der Waals surface area contributed by atoms with Crippen LogP contribution in [0.25, 0.3) is 0 Å². The second-order valence-electron chi connectivity index (χ2n) is 8.08. The van der Waals surface area contributed by atoms with E-state index in [-0.39, 0.29) is 10.8 Å². The largest absolute Gasteiger partial charge is 0.384 e. The molecular weight excluding hydrogens is 268 g/mol. The van der Waals surface area contributed by atoms with E-state index in [4.69, 9.17) is 0 Å². The molecule has 0 bridgehead atoms. The maximum Gasteiger partial charge on any atom is 0.105 e. The zero-order valence-corrected chi connectivity index (χ0v) is 14.6. The van der Waals surface area contributed by atoms with Gasteiger partial charge in [-0.1, -0.05) is 90.1 Å². The molecule has 0 unspecified atom stereocenters. The van der Waals surface area contributed by atoms with Crippen LogP contribution in [0.1, 0.15) is 69.9 Å². The molecule has 2 rings (SSSR count). The molecule has 1 nitrogen and oxygen atoms in total. The van der Waals surface area contributed by atoms with Crippen LogP contribution in [-0.2, 0) is 10.8 Å². The Hall–Kier alpha value is -1.60. The van der Waals surface area contributed by atoms with Gasteiger partial charge in [0.2, 0.25) is 0 Å². The van der Waals surface area contributed by atoms with Crippen LogP contribution >= 0.6 is 0 Å². The van der Waals surface area contributed by atoms with Gasteiger partial charge in [0.05, 0.1) is 0 Å². The van der Waals surface area contributed by atoms with Crippen LogP contribution in [0.4, 0.5) is 0 Å². The standard InChI is InChI=1S/C21H28O/c1-20(2,3)17-13-9-7-11-15(17)19(22)16-12-8-10-14-18(16)21(4,5)6/h7-14,19,22H,1-6H3. The predicted octanol–water partition coefficient (Wildman–Crippen LogP) is 5.36. The first-order chi connectivity index (χ1) is 10.1. The van der Waals surface area contributed by atoms with Gasteiger partial charge < -0.3 is 5.11 Å². The maximum atomic E-state index is 11.1. The van der Waals surface area contributed by atoms with Crippen molar-refractivity contribution in [3.8, 4) is 0 Å². The summed E-state index contributed by atoms with van der Waals surface area (Å²) < 4.78 is 0. The molecule has 22 heavy (non-hydrogen) atoms. The minimum atomic E-state index is -0.592. The van der Waals surface area contributed by atoms with E-state index in [1.807, 2.05) is 36.4 Å². The van der Waals surface area contributed by atoms with Crippen molar-refractivity contribution in [2.45, 2.75) is 58.5 Å². The summed E-state index contributed by atoms with van der Waals surface area (Å²) in [5.74, 6) is 0. The molecule has 0 spiro atoms. The fourth-order valence-electron chi connectivity index (χ4n) is 3.00. The van der Waals surface area contributed by atoms with Crippen LogP contribution < -0.4 is 0 Å². The lowest BCUT2D eigenvalue weighted by Gasteiger charge is -2.29. The van der Waals surface area contributed by atoms with E-state index in [1.54, 1.807) is 0 Å². The van der Waals surface area contributed by atoms with E-state index in [0.29, 0.717) is 0 Å². The minimum Gasteiger partial charge on any atom is -0.384 e. The molecule has 0 aliphatic heterocycles. The SMILES string of the molecule is CC(C)(C)c1ccccc1C(O)c1ccccc1C(C)(C)C. The number of benzene rings is 2. The van der Waals surface area contributed by atoms with Gasteiger partial charge in [-0.3, -0.25) is 0 Å². The molecule has 0 saturated carbocycles. The number of rotatable bonds is 2. The molecule has 0 atom stereocenters. The van der Waals surface area contributed by atoms with Gasteiger partial charge in [-0.15, -0.1) is 0 Å². The van der Waals surface area contributed by atoms with Crippen molar-refractivity contribution in [2.24, 2.45) is 0 Å². The number of aliphatic hydroxyl groups is 1. The first kappa shape index (κ1) is 16.8. The topological polar surface area (TPSA) is 20.2 Å². The Morgan fingerprint density at radius 2 is 0.955 bits per heavy atom. The van der Waals surface area contributed by atoms with E-state index in [2.05, 4.69) is 53.7 Å². The Balaban J connectivity index is 2.58. The third-order valence-electron chi connectivity index (χ3n) is 4.13. The average molecular weight is 296 g/mol. The lowest BCUT2D eigenvalue weighted by Crippen LogP contribution is -2.20. The van der Waals surface area contributed by atoms with Crippen LogP contribution in [0.15, 0.2) is 48.5 Å². The summed E-state index contributed by atoms with van der Waals surface area (Å²) in [4.78, 5) is 0. The maximum absolute atomic E-state index is 11.1. The molecule has 1 heteroatoms. The molecule has 0 aliphatic rings. The van der Waals surface area contributed by atoms with E-state index >= 15 is 0 Å². The van der Waals surface area contributed by atoms with Gasteiger partial charge in [0.1, 0.15) is 6.10 Å². The van der Waals surface area contributed by atoms with Gasteiger partial charge in [0, 0.05) is 0 Å². The molecule has 2 aromatic carbocycles. The number of hydrogen-bond acceptors (Lipinski definition) is 1. The van der Waals surface area contributed by atoms with Crippen LogP contribution in [0, 0.1) is 0 Å². The van der Waals surface area contributed by atoms with Crippen molar-refractivity contribution in [2.75, 3.05) is 0 Å². The second kappa shape index (κ2) is 5.89. The first-order valence-electron chi connectivity index (χ1n) is 7.99. The van der Waals surface area contributed by atoms with Crippen molar-refractivity contribution in [1.29, 1.82) is 0 Å². The van der Waals surface area contributed by atoms with Gasteiger partial charge in [0.15, 0.2) is 0 Å². The molecule has 2 aromatic rings. The van der Waals surface area contributed by atoms with Gasteiger partial charge >= 0.3 is 0 Å². The van der Waals surface area contributed by atoms with Gasteiger partial charge in [-0.25, -0.2) is 0 Å². The summed E-state index contributed by atoms with van der Waals surface area (Å²) in [6, 6.07) is 16.5. The zero-order chi connectivity index (χ0) is 16.5. The fraction of sp³-hybridized carbons (Fsp3) is 0.429. The highest BCUT2D eigenvalue weighted by molar-refractivity contribution is 5.43. The molecule has 0 radical (unpaired) electrons. The predicted molar refractivity (Wildman–Crippen MR) is 94.3 cm³/mol. The third-order valence-corrected chi connectivity index (χ3v) is 4.13. The van der Waals surface area contributed by atoms with E-state index in [1.165, 1.54) is 11.1 Å². The highest BCUT2D eigenvalue weighted by Crippen LogP contribution is 2.36. The Kier molecular flexibility index (Phi) is 4.49. The summed E-state index contributed by atoms with van der Waals surface area (Å²) >= 11 is 0. The molecule has 0 fully saturated rings. The van der Waals surface area contributed by atoms with Gasteiger partial charge in [0.25, 0.3) is 0 Å². The highest BCUT2D eigenvalue weighted by atomic mass is 16.3. The van der Waals surface area contributed by atoms with E-state index in [9.17, 15) is 5.11 Å². The monoisotopic (exact) mass is 296 g/mol. The van der Waals surface area contributed by atoms with Crippen molar-refractivity contribution >= 4 is 0 Å². The fourth-order valence-corrected chi connectivity index (χ4v) is 3.00. The molecular formula is C21H28O. The lowest BCUT2D eigenvalue weighted by molar-refractivity contribution is 0.214. The van der Waals surface area contributed by atoms with Gasteiger partial charge in [-0.05, 0) is 33.1 Å². The first-order valence-corrected chi connectivity index (χ1v) is 7.99. The van der Waals surface area contributed by atoms with E-state index in [0.717, 1.165) is 11.1 Å². The average Bonchev–Trinajstić information content (AvgIpc) is 2.45. The molecule has 0 saturated heterocycles. The minimum absolute atomic E-state index is 0.00818. The quantitative estimate of drug-likeness (QED) is 0.790.